The molecule has 0 bridgehead atoms. The van der Waals surface area contributed by atoms with Crippen LogP contribution in [0.5, 0.6) is 0 Å². The molecule has 2 rings (SSSR count). The smallest absolute Gasteiger partial charge is 0.319 e. The van der Waals surface area contributed by atoms with Gasteiger partial charge in [-0.2, -0.15) is 0 Å². The van der Waals surface area contributed by atoms with Gasteiger partial charge in [0.25, 0.3) is 5.91 Å². The predicted octanol–water partition coefficient (Wildman–Crippen LogP) is 2.01. The summed E-state index contributed by atoms with van der Waals surface area (Å²) in [4.78, 5) is 35.7. The van der Waals surface area contributed by atoms with Crippen molar-refractivity contribution in [3.05, 3.63) is 29.8 Å². The van der Waals surface area contributed by atoms with E-state index in [0.717, 1.165) is 25.7 Å². The van der Waals surface area contributed by atoms with Crippen LogP contribution in [-0.4, -0.2) is 36.5 Å². The van der Waals surface area contributed by atoms with Crippen LogP contribution in [0.3, 0.4) is 0 Å². The van der Waals surface area contributed by atoms with E-state index in [-0.39, 0.29) is 17.9 Å². The minimum Gasteiger partial charge on any atom is -0.355 e. The van der Waals surface area contributed by atoms with Gasteiger partial charge < -0.3 is 21.3 Å². The molecule has 0 unspecified atom stereocenters. The summed E-state index contributed by atoms with van der Waals surface area (Å²) in [5, 5.41) is 10.9. The summed E-state index contributed by atoms with van der Waals surface area (Å²) in [6, 6.07) is 5.85. The van der Waals surface area contributed by atoms with Crippen LogP contribution in [0.15, 0.2) is 24.3 Å². The van der Waals surface area contributed by atoms with Gasteiger partial charge in [0.05, 0.1) is 0 Å². The number of urea groups is 1. The van der Waals surface area contributed by atoms with Crippen molar-refractivity contribution in [1.29, 1.82) is 0 Å². The van der Waals surface area contributed by atoms with E-state index in [1.54, 1.807) is 31.2 Å². The van der Waals surface area contributed by atoms with Gasteiger partial charge in [0.2, 0.25) is 5.91 Å². The topological polar surface area (TPSA) is 99.3 Å². The molecule has 0 aromatic heterocycles. The van der Waals surface area contributed by atoms with Crippen LogP contribution < -0.4 is 21.3 Å². The summed E-state index contributed by atoms with van der Waals surface area (Å²) in [6.45, 7) is 3.94. The van der Waals surface area contributed by atoms with E-state index < -0.39 is 12.1 Å². The third kappa shape index (κ3) is 5.77. The van der Waals surface area contributed by atoms with Gasteiger partial charge >= 0.3 is 6.03 Å². The lowest BCUT2D eigenvalue weighted by Crippen LogP contribution is -2.46. The van der Waals surface area contributed by atoms with E-state index in [1.807, 2.05) is 6.92 Å². The number of nitrogens with one attached hydrogen (secondary N) is 4. The first-order valence-electron chi connectivity index (χ1n) is 8.75. The summed E-state index contributed by atoms with van der Waals surface area (Å²) in [5.74, 6) is -0.329. The molecule has 0 aliphatic heterocycles. The van der Waals surface area contributed by atoms with Gasteiger partial charge in [-0.1, -0.05) is 12.8 Å². The van der Waals surface area contributed by atoms with Crippen molar-refractivity contribution in [3.63, 3.8) is 0 Å². The number of carbonyl (C=O) groups is 3. The molecule has 0 spiro atoms. The Balaban J connectivity index is 1.83. The van der Waals surface area contributed by atoms with E-state index >= 15 is 0 Å². The molecular weight excluding hydrogens is 320 g/mol. The van der Waals surface area contributed by atoms with E-state index in [2.05, 4.69) is 21.3 Å². The number of benzene rings is 1. The lowest BCUT2D eigenvalue weighted by Gasteiger charge is -2.14. The second kappa shape index (κ2) is 9.05. The van der Waals surface area contributed by atoms with E-state index in [1.165, 1.54) is 0 Å². The average Bonchev–Trinajstić information content (AvgIpc) is 3.08. The van der Waals surface area contributed by atoms with Crippen LogP contribution in [0.2, 0.25) is 0 Å². The van der Waals surface area contributed by atoms with Crippen molar-refractivity contribution in [2.75, 3.05) is 11.9 Å². The maximum atomic E-state index is 12.2. The molecule has 1 aromatic rings. The quantitative estimate of drug-likeness (QED) is 0.634. The first-order valence-corrected chi connectivity index (χ1v) is 8.75. The number of rotatable bonds is 6. The third-order valence-corrected chi connectivity index (χ3v) is 4.19. The standard InChI is InChI=1S/C18H26N4O3/c1-3-19-16(23)12(2)20-18(25)22-15-10-8-13(9-11-15)17(24)21-14-6-4-5-7-14/h8-12,14H,3-7H2,1-2H3,(H,19,23)(H,21,24)(H2,20,22,25)/t12-/m1/s1. The Bertz CT molecular complexity index is 609. The highest BCUT2D eigenvalue weighted by Gasteiger charge is 2.18. The van der Waals surface area contributed by atoms with Crippen molar-refractivity contribution in [1.82, 2.24) is 16.0 Å². The molecule has 0 saturated heterocycles. The van der Waals surface area contributed by atoms with Gasteiger partial charge in [-0.15, -0.1) is 0 Å². The summed E-state index contributed by atoms with van der Waals surface area (Å²) in [7, 11) is 0. The van der Waals surface area contributed by atoms with Crippen LogP contribution in [0.25, 0.3) is 0 Å². The van der Waals surface area contributed by atoms with Gasteiger partial charge in [-0.25, -0.2) is 4.79 Å². The number of hydrogen-bond donors (Lipinski definition) is 4. The van der Waals surface area contributed by atoms with Crippen LogP contribution in [0.4, 0.5) is 10.5 Å². The predicted molar refractivity (Wildman–Crippen MR) is 96.5 cm³/mol. The molecule has 7 nitrogen and oxygen atoms in total. The monoisotopic (exact) mass is 346 g/mol. The normalized spacial score (nSPS) is 15.3. The average molecular weight is 346 g/mol. The number of anilines is 1. The van der Waals surface area contributed by atoms with Gasteiger partial charge in [0.15, 0.2) is 0 Å². The second-order valence-corrected chi connectivity index (χ2v) is 6.25. The maximum Gasteiger partial charge on any atom is 0.319 e. The van der Waals surface area contributed by atoms with Crippen LogP contribution in [0, 0.1) is 0 Å². The molecule has 1 atom stereocenters. The largest absolute Gasteiger partial charge is 0.355 e. The van der Waals surface area contributed by atoms with Gasteiger partial charge in [0, 0.05) is 23.8 Å². The Hall–Kier alpha value is -2.57. The highest BCUT2D eigenvalue weighted by atomic mass is 16.2. The second-order valence-electron chi connectivity index (χ2n) is 6.25. The Morgan fingerprint density at radius 1 is 1.12 bits per heavy atom. The van der Waals surface area contributed by atoms with E-state index in [4.69, 9.17) is 0 Å². The molecule has 4 N–H and O–H groups in total. The molecule has 136 valence electrons. The molecule has 1 aliphatic carbocycles. The van der Waals surface area contributed by atoms with Crippen LogP contribution >= 0.6 is 0 Å². The first kappa shape index (κ1) is 18.8. The number of carbonyl (C=O) groups excluding carboxylic acids is 3. The fourth-order valence-electron chi connectivity index (χ4n) is 2.80. The van der Waals surface area contributed by atoms with Gasteiger partial charge in [0.1, 0.15) is 6.04 Å². The molecule has 0 heterocycles. The SMILES string of the molecule is CCNC(=O)[C@@H](C)NC(=O)Nc1ccc(C(=O)NC2CCCC2)cc1. The molecule has 1 fully saturated rings. The third-order valence-electron chi connectivity index (χ3n) is 4.19. The molecule has 7 heteroatoms. The lowest BCUT2D eigenvalue weighted by atomic mass is 10.1. The zero-order valence-corrected chi connectivity index (χ0v) is 14.7. The number of hydrogen-bond acceptors (Lipinski definition) is 3. The molecule has 4 amide bonds. The lowest BCUT2D eigenvalue weighted by molar-refractivity contribution is -0.122. The highest BCUT2D eigenvalue weighted by Crippen LogP contribution is 2.18. The molecule has 1 aromatic carbocycles. The first-order chi connectivity index (χ1) is 12.0. The minimum atomic E-state index is -0.628. The molecular formula is C18H26N4O3. The zero-order valence-electron chi connectivity index (χ0n) is 14.7. The maximum absolute atomic E-state index is 12.2. The van der Waals surface area contributed by atoms with Crippen LogP contribution in [0.1, 0.15) is 49.9 Å². The Morgan fingerprint density at radius 2 is 1.76 bits per heavy atom. The Kier molecular flexibility index (Phi) is 6.80. The van der Waals surface area contributed by atoms with E-state index in [9.17, 15) is 14.4 Å². The van der Waals surface area contributed by atoms with Crippen molar-refractivity contribution in [2.24, 2.45) is 0 Å². The molecule has 25 heavy (non-hydrogen) atoms. The van der Waals surface area contributed by atoms with Crippen molar-refractivity contribution in [2.45, 2.75) is 51.6 Å². The van der Waals surface area contributed by atoms with Crippen molar-refractivity contribution in [3.8, 4) is 0 Å². The number of likely N-dealkylation sites (N-methyl/N-ethyl adjacent to an activating group) is 1. The summed E-state index contributed by atoms with van der Waals surface area (Å²) >= 11 is 0. The molecule has 0 radical (unpaired) electrons. The summed E-state index contributed by atoms with van der Waals surface area (Å²) < 4.78 is 0. The number of amides is 4. The molecule has 1 saturated carbocycles. The summed E-state index contributed by atoms with van der Waals surface area (Å²) in [5.41, 5.74) is 1.12. The Morgan fingerprint density at radius 3 is 2.36 bits per heavy atom. The fraction of sp³-hybridized carbons (Fsp3) is 0.500. The van der Waals surface area contributed by atoms with Gasteiger partial charge in [-0.05, 0) is 51.0 Å². The van der Waals surface area contributed by atoms with E-state index in [0.29, 0.717) is 17.8 Å². The van der Waals surface area contributed by atoms with Crippen LogP contribution in [-0.2, 0) is 4.79 Å². The molecule has 1 aliphatic rings. The zero-order chi connectivity index (χ0) is 18.2. The Labute approximate surface area is 147 Å². The minimum absolute atomic E-state index is 0.0900. The fourth-order valence-corrected chi connectivity index (χ4v) is 2.80. The van der Waals surface area contributed by atoms with Crippen molar-refractivity contribution >= 4 is 23.5 Å². The van der Waals surface area contributed by atoms with Crippen molar-refractivity contribution < 1.29 is 14.4 Å². The van der Waals surface area contributed by atoms with Gasteiger partial charge in [-0.3, -0.25) is 9.59 Å². The summed E-state index contributed by atoms with van der Waals surface area (Å²) in [6.07, 6.45) is 4.40. The highest BCUT2D eigenvalue weighted by molar-refractivity contribution is 5.96.